The van der Waals surface area contributed by atoms with E-state index in [-0.39, 0.29) is 17.6 Å². The molecule has 0 bridgehead atoms. The van der Waals surface area contributed by atoms with Crippen LogP contribution in [0.4, 0.5) is 11.4 Å². The van der Waals surface area contributed by atoms with Gasteiger partial charge in [-0.15, -0.1) is 10.2 Å². The van der Waals surface area contributed by atoms with E-state index in [2.05, 4.69) is 36.3 Å². The SMILES string of the molecule is COc1cccc(C(=O)N2CCN(c3ccc(NC(=O)CSc4nnc(-c5ccccc5Br)o4)cc3)CC2)c1. The van der Waals surface area contributed by atoms with Crippen LogP contribution in [0.15, 0.2) is 86.9 Å². The lowest BCUT2D eigenvalue weighted by atomic mass is 10.1. The summed E-state index contributed by atoms with van der Waals surface area (Å²) >= 11 is 4.65. The normalized spacial score (nSPS) is 13.3. The minimum absolute atomic E-state index is 0.00849. The van der Waals surface area contributed by atoms with Gasteiger partial charge in [0.1, 0.15) is 5.75 Å². The van der Waals surface area contributed by atoms with Crippen LogP contribution in [-0.4, -0.2) is 66.0 Å². The van der Waals surface area contributed by atoms with Gasteiger partial charge in [0.2, 0.25) is 11.8 Å². The highest BCUT2D eigenvalue weighted by Crippen LogP contribution is 2.29. The topological polar surface area (TPSA) is 101 Å². The lowest BCUT2D eigenvalue weighted by Gasteiger charge is -2.36. The van der Waals surface area contributed by atoms with E-state index in [0.29, 0.717) is 41.2 Å². The number of nitrogens with one attached hydrogen (secondary N) is 1. The fourth-order valence-corrected chi connectivity index (χ4v) is 5.22. The molecule has 0 aliphatic carbocycles. The number of ether oxygens (including phenoxy) is 1. The van der Waals surface area contributed by atoms with Crippen LogP contribution in [0.1, 0.15) is 10.4 Å². The van der Waals surface area contributed by atoms with Crippen molar-refractivity contribution in [3.8, 4) is 17.2 Å². The van der Waals surface area contributed by atoms with Gasteiger partial charge in [0.15, 0.2) is 0 Å². The Bertz CT molecular complexity index is 1450. The van der Waals surface area contributed by atoms with E-state index in [0.717, 1.165) is 28.8 Å². The Morgan fingerprint density at radius 3 is 2.51 bits per heavy atom. The summed E-state index contributed by atoms with van der Waals surface area (Å²) in [4.78, 5) is 29.4. The molecular formula is C28H26BrN5O4S. The third-order valence-corrected chi connectivity index (χ3v) is 7.75. The summed E-state index contributed by atoms with van der Waals surface area (Å²) in [7, 11) is 1.59. The average molecular weight is 609 g/mol. The minimum Gasteiger partial charge on any atom is -0.497 e. The van der Waals surface area contributed by atoms with Gasteiger partial charge in [-0.2, -0.15) is 0 Å². The number of anilines is 2. The number of aromatic nitrogens is 2. The van der Waals surface area contributed by atoms with Crippen molar-refractivity contribution in [2.24, 2.45) is 0 Å². The molecule has 0 unspecified atom stereocenters. The van der Waals surface area contributed by atoms with Crippen LogP contribution in [-0.2, 0) is 4.79 Å². The molecule has 1 saturated heterocycles. The summed E-state index contributed by atoms with van der Waals surface area (Å²) in [5.41, 5.74) is 3.17. The molecule has 1 aliphatic heterocycles. The summed E-state index contributed by atoms with van der Waals surface area (Å²) in [5, 5.41) is 11.3. The van der Waals surface area contributed by atoms with Gasteiger partial charge in [-0.05, 0) is 70.5 Å². The highest BCUT2D eigenvalue weighted by atomic mass is 79.9. The standard InChI is InChI=1S/C28H26BrN5O4S/c1-37-22-6-4-5-19(17-22)27(36)34-15-13-33(14-16-34)21-11-9-20(10-12-21)30-25(35)18-39-28-32-31-26(38-28)23-7-2-3-8-24(23)29/h2-12,17H,13-16,18H2,1H3,(H,30,35). The van der Waals surface area contributed by atoms with Crippen LogP contribution >= 0.6 is 27.7 Å². The predicted octanol–water partition coefficient (Wildman–Crippen LogP) is 5.20. The Morgan fingerprint density at radius 1 is 1.00 bits per heavy atom. The van der Waals surface area contributed by atoms with Gasteiger partial charge < -0.3 is 24.3 Å². The average Bonchev–Trinajstić information content (AvgIpc) is 3.45. The summed E-state index contributed by atoms with van der Waals surface area (Å²) in [6.07, 6.45) is 0. The van der Waals surface area contributed by atoms with Crippen molar-refractivity contribution in [3.63, 3.8) is 0 Å². The van der Waals surface area contributed by atoms with Gasteiger partial charge in [-0.25, -0.2) is 0 Å². The molecule has 1 fully saturated rings. The first-order valence-corrected chi connectivity index (χ1v) is 14.1. The molecule has 1 aromatic heterocycles. The maximum absolute atomic E-state index is 12.9. The molecule has 1 N–H and O–H groups in total. The third kappa shape index (κ3) is 6.61. The molecule has 1 aliphatic rings. The zero-order chi connectivity index (χ0) is 27.2. The molecule has 9 nitrogen and oxygen atoms in total. The first kappa shape index (κ1) is 26.8. The Balaban J connectivity index is 1.09. The molecule has 4 aromatic rings. The smallest absolute Gasteiger partial charge is 0.277 e. The fourth-order valence-electron chi connectivity index (χ4n) is 4.20. The molecule has 11 heteroatoms. The number of carbonyl (C=O) groups is 2. The summed E-state index contributed by atoms with van der Waals surface area (Å²) in [5.74, 6) is 1.05. The van der Waals surface area contributed by atoms with Crippen molar-refractivity contribution in [2.45, 2.75) is 5.22 Å². The monoisotopic (exact) mass is 607 g/mol. The molecule has 2 heterocycles. The molecule has 3 aromatic carbocycles. The number of piperazine rings is 1. The van der Waals surface area contributed by atoms with Crippen molar-refractivity contribution in [3.05, 3.63) is 82.8 Å². The number of rotatable bonds is 8. The number of nitrogens with zero attached hydrogens (tertiary/aromatic N) is 4. The van der Waals surface area contributed by atoms with Crippen LogP contribution in [0.5, 0.6) is 5.75 Å². The second kappa shape index (κ2) is 12.4. The Kier molecular flexibility index (Phi) is 8.48. The second-order valence-electron chi connectivity index (χ2n) is 8.75. The molecule has 2 amide bonds. The number of hydrogen-bond acceptors (Lipinski definition) is 8. The van der Waals surface area contributed by atoms with Gasteiger partial charge in [-0.1, -0.05) is 30.0 Å². The van der Waals surface area contributed by atoms with E-state index >= 15 is 0 Å². The zero-order valence-electron chi connectivity index (χ0n) is 21.2. The van der Waals surface area contributed by atoms with E-state index < -0.39 is 0 Å². The van der Waals surface area contributed by atoms with E-state index in [1.807, 2.05) is 71.6 Å². The first-order valence-electron chi connectivity index (χ1n) is 12.3. The van der Waals surface area contributed by atoms with Crippen LogP contribution < -0.4 is 15.0 Å². The van der Waals surface area contributed by atoms with Crippen molar-refractivity contribution >= 4 is 50.9 Å². The van der Waals surface area contributed by atoms with Gasteiger partial charge in [-0.3, -0.25) is 9.59 Å². The van der Waals surface area contributed by atoms with E-state index in [1.165, 1.54) is 11.8 Å². The predicted molar refractivity (Wildman–Crippen MR) is 154 cm³/mol. The Labute approximate surface area is 238 Å². The van der Waals surface area contributed by atoms with Gasteiger partial charge in [0.05, 0.1) is 18.4 Å². The van der Waals surface area contributed by atoms with E-state index in [9.17, 15) is 9.59 Å². The Morgan fingerprint density at radius 2 is 1.77 bits per heavy atom. The van der Waals surface area contributed by atoms with Crippen LogP contribution in [0.2, 0.25) is 0 Å². The number of halogens is 1. The van der Waals surface area contributed by atoms with Crippen molar-refractivity contribution in [2.75, 3.05) is 49.3 Å². The van der Waals surface area contributed by atoms with Gasteiger partial charge >= 0.3 is 0 Å². The number of carbonyl (C=O) groups excluding carboxylic acids is 2. The lowest BCUT2D eigenvalue weighted by molar-refractivity contribution is -0.113. The van der Waals surface area contributed by atoms with Gasteiger partial charge in [0, 0.05) is 47.6 Å². The highest BCUT2D eigenvalue weighted by molar-refractivity contribution is 9.10. The number of amides is 2. The second-order valence-corrected chi connectivity index (χ2v) is 10.5. The van der Waals surface area contributed by atoms with Crippen LogP contribution in [0.3, 0.4) is 0 Å². The molecule has 39 heavy (non-hydrogen) atoms. The van der Waals surface area contributed by atoms with Crippen LogP contribution in [0.25, 0.3) is 11.5 Å². The number of benzene rings is 3. The highest BCUT2D eigenvalue weighted by Gasteiger charge is 2.23. The fraction of sp³-hybridized carbons (Fsp3) is 0.214. The largest absolute Gasteiger partial charge is 0.497 e. The van der Waals surface area contributed by atoms with E-state index in [1.54, 1.807) is 13.2 Å². The third-order valence-electron chi connectivity index (χ3n) is 6.24. The molecular weight excluding hydrogens is 582 g/mol. The van der Waals surface area contributed by atoms with Crippen molar-refractivity contribution < 1.29 is 18.7 Å². The molecule has 0 atom stereocenters. The minimum atomic E-state index is -0.168. The van der Waals surface area contributed by atoms with Crippen LogP contribution in [0, 0.1) is 0 Å². The zero-order valence-corrected chi connectivity index (χ0v) is 23.6. The summed E-state index contributed by atoms with van der Waals surface area (Å²) < 4.78 is 11.8. The first-order chi connectivity index (χ1) is 19.0. The molecule has 0 radical (unpaired) electrons. The summed E-state index contributed by atoms with van der Waals surface area (Å²) in [6, 6.07) is 22.5. The van der Waals surface area contributed by atoms with Crippen molar-refractivity contribution in [1.29, 1.82) is 0 Å². The number of thioether (sulfide) groups is 1. The quantitative estimate of drug-likeness (QED) is 0.273. The maximum Gasteiger partial charge on any atom is 0.277 e. The van der Waals surface area contributed by atoms with Gasteiger partial charge in [0.25, 0.3) is 11.1 Å². The number of hydrogen-bond donors (Lipinski definition) is 1. The molecule has 200 valence electrons. The van der Waals surface area contributed by atoms with E-state index in [4.69, 9.17) is 9.15 Å². The molecule has 0 saturated carbocycles. The maximum atomic E-state index is 12.9. The molecule has 0 spiro atoms. The Hall–Kier alpha value is -3.83. The molecule has 5 rings (SSSR count). The summed E-state index contributed by atoms with van der Waals surface area (Å²) in [6.45, 7) is 2.71. The lowest BCUT2D eigenvalue weighted by Crippen LogP contribution is -2.48. The van der Waals surface area contributed by atoms with Crippen molar-refractivity contribution in [1.82, 2.24) is 15.1 Å². The number of methoxy groups -OCH3 is 1.